The Bertz CT molecular complexity index is 652. The number of piperidine rings is 1. The van der Waals surface area contributed by atoms with Crippen LogP contribution in [0.25, 0.3) is 0 Å². The van der Waals surface area contributed by atoms with E-state index in [1.807, 2.05) is 0 Å². The molecule has 0 saturated carbocycles. The van der Waals surface area contributed by atoms with Gasteiger partial charge >= 0.3 is 6.18 Å². The average Bonchev–Trinajstić information content (AvgIpc) is 2.35. The van der Waals surface area contributed by atoms with Crippen LogP contribution in [0.2, 0.25) is 5.02 Å². The minimum Gasteiger partial charge on any atom is -0.354 e. The quantitative estimate of drug-likeness (QED) is 0.901. The summed E-state index contributed by atoms with van der Waals surface area (Å²) in [4.78, 5) is 5.49. The molecule has 124 valence electrons. The number of sulfonamides is 1. The van der Waals surface area contributed by atoms with E-state index in [4.69, 9.17) is 11.6 Å². The van der Waals surface area contributed by atoms with E-state index in [0.29, 0.717) is 25.9 Å². The molecule has 1 fully saturated rings. The molecule has 0 radical (unpaired) electrons. The number of hydrogen-bond donors (Lipinski definition) is 1. The normalized spacial score (nSPS) is 20.2. The molecule has 22 heavy (non-hydrogen) atoms. The van der Waals surface area contributed by atoms with Crippen molar-refractivity contribution in [3.63, 3.8) is 0 Å². The smallest absolute Gasteiger partial charge is 0.354 e. The molecular formula is C12H15ClF3N3O2S. The number of rotatable bonds is 3. The molecule has 0 amide bonds. The number of nitrogens with one attached hydrogen (secondary N) is 1. The van der Waals surface area contributed by atoms with Gasteiger partial charge in [-0.25, -0.2) is 18.1 Å². The maximum atomic E-state index is 12.6. The van der Waals surface area contributed by atoms with Gasteiger partial charge in [-0.05, 0) is 18.9 Å². The summed E-state index contributed by atoms with van der Waals surface area (Å²) in [6.45, 7) is 0.866. The highest BCUT2D eigenvalue weighted by atomic mass is 35.5. The third-order valence-corrected chi connectivity index (χ3v) is 4.29. The first-order chi connectivity index (χ1) is 10.1. The van der Waals surface area contributed by atoms with E-state index in [0.717, 1.165) is 18.5 Å². The summed E-state index contributed by atoms with van der Waals surface area (Å²) in [6.07, 6.45) is -1.37. The second kappa shape index (κ2) is 6.21. The fraction of sp³-hybridized carbons (Fsp3) is 0.583. The first-order valence-electron chi connectivity index (χ1n) is 6.51. The zero-order valence-electron chi connectivity index (χ0n) is 11.7. The summed E-state index contributed by atoms with van der Waals surface area (Å²) in [6, 6.07) is 0.515. The van der Waals surface area contributed by atoms with Crippen LogP contribution in [0.5, 0.6) is 0 Å². The van der Waals surface area contributed by atoms with Crippen LogP contribution in [0.15, 0.2) is 12.3 Å². The molecule has 0 spiro atoms. The maximum Gasteiger partial charge on any atom is 0.417 e. The first-order valence-corrected chi connectivity index (χ1v) is 8.78. The van der Waals surface area contributed by atoms with Crippen molar-refractivity contribution in [2.24, 2.45) is 0 Å². The van der Waals surface area contributed by atoms with Crippen molar-refractivity contribution in [3.05, 3.63) is 22.8 Å². The van der Waals surface area contributed by atoms with Crippen LogP contribution >= 0.6 is 11.6 Å². The lowest BCUT2D eigenvalue weighted by molar-refractivity contribution is -0.137. The van der Waals surface area contributed by atoms with E-state index in [-0.39, 0.29) is 16.9 Å². The van der Waals surface area contributed by atoms with Crippen molar-refractivity contribution >= 4 is 27.4 Å². The van der Waals surface area contributed by atoms with Gasteiger partial charge in [-0.3, -0.25) is 0 Å². The van der Waals surface area contributed by atoms with Gasteiger partial charge in [0.1, 0.15) is 5.82 Å². The Morgan fingerprint density at radius 3 is 2.68 bits per heavy atom. The van der Waals surface area contributed by atoms with Crippen LogP contribution < -0.4 is 9.62 Å². The number of pyridine rings is 1. The molecule has 1 aliphatic heterocycles. The Morgan fingerprint density at radius 1 is 1.45 bits per heavy atom. The van der Waals surface area contributed by atoms with Crippen LogP contribution in [0.1, 0.15) is 18.4 Å². The second-order valence-electron chi connectivity index (χ2n) is 5.20. The largest absolute Gasteiger partial charge is 0.417 e. The molecule has 1 aliphatic rings. The molecule has 2 rings (SSSR count). The average molecular weight is 358 g/mol. The molecule has 0 aromatic carbocycles. The van der Waals surface area contributed by atoms with Crippen molar-refractivity contribution in [1.29, 1.82) is 0 Å². The van der Waals surface area contributed by atoms with E-state index in [2.05, 4.69) is 9.71 Å². The molecule has 10 heteroatoms. The van der Waals surface area contributed by atoms with Crippen molar-refractivity contribution < 1.29 is 21.6 Å². The Hall–Kier alpha value is -1.06. The summed E-state index contributed by atoms with van der Waals surface area (Å²) in [5.41, 5.74) is -0.913. The monoisotopic (exact) mass is 357 g/mol. The second-order valence-corrected chi connectivity index (χ2v) is 7.39. The van der Waals surface area contributed by atoms with Crippen LogP contribution in [0.3, 0.4) is 0 Å². The van der Waals surface area contributed by atoms with Gasteiger partial charge in [-0.15, -0.1) is 0 Å². The number of aromatic nitrogens is 1. The zero-order valence-corrected chi connectivity index (χ0v) is 13.3. The molecule has 0 aliphatic carbocycles. The predicted octanol–water partition coefficient (Wildman–Crippen LogP) is 2.27. The lowest BCUT2D eigenvalue weighted by Gasteiger charge is -2.34. The zero-order chi connectivity index (χ0) is 16.5. The van der Waals surface area contributed by atoms with E-state index in [1.54, 1.807) is 4.90 Å². The number of nitrogens with zero attached hydrogens (tertiary/aromatic N) is 2. The third-order valence-electron chi connectivity index (χ3n) is 3.25. The van der Waals surface area contributed by atoms with E-state index < -0.39 is 21.8 Å². The Balaban J connectivity index is 2.17. The summed E-state index contributed by atoms with van der Waals surface area (Å²) >= 11 is 5.91. The van der Waals surface area contributed by atoms with Gasteiger partial charge in [-0.1, -0.05) is 11.6 Å². The summed E-state index contributed by atoms with van der Waals surface area (Å²) in [5.74, 6) is 0.231. The highest BCUT2D eigenvalue weighted by molar-refractivity contribution is 7.88. The van der Waals surface area contributed by atoms with Crippen LogP contribution in [0, 0.1) is 0 Å². The Kier molecular flexibility index (Phi) is 4.88. The number of halogens is 4. The molecule has 1 saturated heterocycles. The van der Waals surface area contributed by atoms with Crippen LogP contribution in [-0.4, -0.2) is 38.8 Å². The third kappa shape index (κ3) is 4.47. The number of anilines is 1. The molecule has 0 bridgehead atoms. The summed E-state index contributed by atoms with van der Waals surface area (Å²) in [5, 5.41) is -0.102. The lowest BCUT2D eigenvalue weighted by atomic mass is 10.1. The molecule has 1 atom stereocenters. The molecular weight excluding hydrogens is 343 g/mol. The van der Waals surface area contributed by atoms with Gasteiger partial charge in [0, 0.05) is 25.3 Å². The van der Waals surface area contributed by atoms with Gasteiger partial charge in [-0.2, -0.15) is 13.2 Å². The highest BCUT2D eigenvalue weighted by Crippen LogP contribution is 2.34. The lowest BCUT2D eigenvalue weighted by Crippen LogP contribution is -2.47. The maximum absolute atomic E-state index is 12.6. The van der Waals surface area contributed by atoms with Gasteiger partial charge < -0.3 is 4.90 Å². The predicted molar refractivity (Wildman–Crippen MR) is 77.5 cm³/mol. The fourth-order valence-electron chi connectivity index (χ4n) is 2.39. The van der Waals surface area contributed by atoms with Gasteiger partial charge in [0.25, 0.3) is 0 Å². The molecule has 0 unspecified atom stereocenters. The highest BCUT2D eigenvalue weighted by Gasteiger charge is 2.32. The van der Waals surface area contributed by atoms with Gasteiger partial charge in [0.15, 0.2) is 0 Å². The topological polar surface area (TPSA) is 62.3 Å². The minimum atomic E-state index is -4.50. The molecule has 5 nitrogen and oxygen atoms in total. The van der Waals surface area contributed by atoms with Gasteiger partial charge in [0.2, 0.25) is 10.0 Å². The Morgan fingerprint density at radius 2 is 2.14 bits per heavy atom. The minimum absolute atomic E-state index is 0.102. The van der Waals surface area contributed by atoms with Crippen molar-refractivity contribution in [1.82, 2.24) is 9.71 Å². The van der Waals surface area contributed by atoms with Crippen molar-refractivity contribution in [2.75, 3.05) is 24.2 Å². The Labute approximate surface area is 131 Å². The van der Waals surface area contributed by atoms with E-state index in [9.17, 15) is 21.6 Å². The van der Waals surface area contributed by atoms with Crippen molar-refractivity contribution in [2.45, 2.75) is 25.1 Å². The van der Waals surface area contributed by atoms with Gasteiger partial charge in [0.05, 0.1) is 16.8 Å². The summed E-state index contributed by atoms with van der Waals surface area (Å²) < 4.78 is 62.8. The number of hydrogen-bond acceptors (Lipinski definition) is 4. The fourth-order valence-corrected chi connectivity index (χ4v) is 3.47. The first kappa shape index (κ1) is 17.3. The van der Waals surface area contributed by atoms with Crippen LogP contribution in [0.4, 0.5) is 19.0 Å². The van der Waals surface area contributed by atoms with E-state index >= 15 is 0 Å². The van der Waals surface area contributed by atoms with E-state index in [1.165, 1.54) is 0 Å². The molecule has 1 aromatic heterocycles. The molecule has 1 aromatic rings. The van der Waals surface area contributed by atoms with Crippen LogP contribution in [-0.2, 0) is 16.2 Å². The molecule has 2 heterocycles. The van der Waals surface area contributed by atoms with Crippen molar-refractivity contribution in [3.8, 4) is 0 Å². The summed E-state index contributed by atoms with van der Waals surface area (Å²) in [7, 11) is -3.34. The standard InChI is InChI=1S/C12H15ClF3N3O2S/c1-22(20,21)18-9-3-2-4-19(7-9)11-10(13)5-8(6-17-11)12(14,15)16/h5-6,9,18H,2-4,7H2,1H3/t9-/m0/s1. The molecule has 1 N–H and O–H groups in total. The number of alkyl halides is 3. The SMILES string of the molecule is CS(=O)(=O)N[C@H]1CCCN(c2ncc(C(F)(F)F)cc2Cl)C1.